The Balaban J connectivity index is 2.08. The van der Waals surface area contributed by atoms with Crippen molar-refractivity contribution in [2.24, 2.45) is 0 Å². The topological polar surface area (TPSA) is 67.8 Å². The number of rotatable bonds is 7. The highest BCUT2D eigenvalue weighted by Crippen LogP contribution is 2.30. The van der Waals surface area contributed by atoms with Crippen molar-refractivity contribution >= 4 is 17.7 Å². The molecule has 2 aromatic rings. The maximum absolute atomic E-state index is 12.4. The molecule has 0 fully saturated rings. The Bertz CT molecular complexity index is 762. The molecule has 2 rings (SSSR count). The Morgan fingerprint density at radius 2 is 2.04 bits per heavy atom. The fourth-order valence-electron chi connectivity index (χ4n) is 2.03. The van der Waals surface area contributed by atoms with E-state index < -0.39 is 12.5 Å². The highest BCUT2D eigenvalue weighted by Gasteiger charge is 2.11. The van der Waals surface area contributed by atoms with Gasteiger partial charge in [0.2, 0.25) is 5.91 Å². The number of carbonyl (C=O) groups is 1. The number of carbonyl (C=O) groups excluding carboxylic acids is 1. The minimum atomic E-state index is -2.95. The summed E-state index contributed by atoms with van der Waals surface area (Å²) in [6, 6.07) is 10.5. The van der Waals surface area contributed by atoms with E-state index in [1.165, 1.54) is 42.5 Å². The molecule has 5 nitrogen and oxygen atoms in total. The average molecular weight is 349 g/mol. The molecule has 7 heteroatoms. The minimum absolute atomic E-state index is 0.0396. The zero-order valence-corrected chi connectivity index (χ0v) is 13.4. The van der Waals surface area contributed by atoms with E-state index >= 15 is 0 Å². The van der Waals surface area contributed by atoms with E-state index in [-0.39, 0.29) is 23.9 Å². The van der Waals surface area contributed by atoms with Gasteiger partial charge in [0, 0.05) is 17.8 Å². The van der Waals surface area contributed by atoms with Crippen molar-refractivity contribution < 1.29 is 28.2 Å². The first-order chi connectivity index (χ1) is 12.0. The first kappa shape index (κ1) is 18.3. The summed E-state index contributed by atoms with van der Waals surface area (Å²) in [6.07, 6.45) is 2.79. The van der Waals surface area contributed by atoms with Crippen LogP contribution in [0.2, 0.25) is 0 Å². The summed E-state index contributed by atoms with van der Waals surface area (Å²) in [6.45, 7) is -0.948. The molecule has 25 heavy (non-hydrogen) atoms. The van der Waals surface area contributed by atoms with Crippen molar-refractivity contribution in [2.45, 2.75) is 13.5 Å². The van der Waals surface area contributed by atoms with Gasteiger partial charge in [-0.15, -0.1) is 0 Å². The molecule has 0 saturated heterocycles. The lowest BCUT2D eigenvalue weighted by molar-refractivity contribution is -0.111. The van der Waals surface area contributed by atoms with E-state index in [0.29, 0.717) is 11.3 Å². The summed E-state index contributed by atoms with van der Waals surface area (Å²) in [7, 11) is 0. The number of ether oxygens (including phenoxy) is 2. The number of phenolic OH excluding ortho intramolecular Hbond substituents is 1. The van der Waals surface area contributed by atoms with Gasteiger partial charge in [-0.3, -0.25) is 4.79 Å². The summed E-state index contributed by atoms with van der Waals surface area (Å²) in [5, 5.41) is 11.9. The molecule has 0 radical (unpaired) electrons. The highest BCUT2D eigenvalue weighted by atomic mass is 19.3. The van der Waals surface area contributed by atoms with Gasteiger partial charge in [-0.2, -0.15) is 8.78 Å². The molecule has 0 aliphatic carbocycles. The van der Waals surface area contributed by atoms with Crippen LogP contribution >= 0.6 is 0 Å². The predicted octanol–water partition coefficient (Wildman–Crippen LogP) is 4.04. The standard InChI is InChI=1S/C18H17F2NO4/c1-2-24-16-10-12(6-8-15(16)25-18(19)20)7-9-17(23)21-13-4-3-5-14(22)11-13/h3-11,18,22H,2H2,1H3,(H,21,23)/b9-7+. The first-order valence-corrected chi connectivity index (χ1v) is 7.47. The number of benzene rings is 2. The maximum Gasteiger partial charge on any atom is 0.387 e. The number of phenols is 1. The zero-order valence-electron chi connectivity index (χ0n) is 13.4. The van der Waals surface area contributed by atoms with Gasteiger partial charge in [0.1, 0.15) is 5.75 Å². The third-order valence-electron chi connectivity index (χ3n) is 3.02. The van der Waals surface area contributed by atoms with Gasteiger partial charge >= 0.3 is 6.61 Å². The Hall–Kier alpha value is -3.09. The van der Waals surface area contributed by atoms with E-state index in [1.54, 1.807) is 19.1 Å². The molecule has 0 atom stereocenters. The van der Waals surface area contributed by atoms with Gasteiger partial charge in [0.05, 0.1) is 6.61 Å². The van der Waals surface area contributed by atoms with E-state index in [9.17, 15) is 18.7 Å². The summed E-state index contributed by atoms with van der Waals surface area (Å²) < 4.78 is 34.4. The Labute approximate surface area is 143 Å². The molecule has 2 N–H and O–H groups in total. The van der Waals surface area contributed by atoms with Gasteiger partial charge in [-0.25, -0.2) is 0 Å². The number of nitrogens with one attached hydrogen (secondary N) is 1. The van der Waals surface area contributed by atoms with Crippen molar-refractivity contribution in [3.05, 3.63) is 54.1 Å². The summed E-state index contributed by atoms with van der Waals surface area (Å²) in [5.74, 6) is -0.272. The van der Waals surface area contributed by atoms with Crippen molar-refractivity contribution in [3.63, 3.8) is 0 Å². The molecule has 2 aromatic carbocycles. The van der Waals surface area contributed by atoms with Crippen molar-refractivity contribution in [1.82, 2.24) is 0 Å². The van der Waals surface area contributed by atoms with Crippen LogP contribution in [0, 0.1) is 0 Å². The van der Waals surface area contributed by atoms with Crippen LogP contribution in [0.1, 0.15) is 12.5 Å². The Morgan fingerprint density at radius 3 is 2.72 bits per heavy atom. The fourth-order valence-corrected chi connectivity index (χ4v) is 2.03. The Morgan fingerprint density at radius 1 is 1.24 bits per heavy atom. The fraction of sp³-hybridized carbons (Fsp3) is 0.167. The third-order valence-corrected chi connectivity index (χ3v) is 3.02. The number of alkyl halides is 2. The van der Waals surface area contributed by atoms with Crippen LogP contribution in [0.5, 0.6) is 17.2 Å². The van der Waals surface area contributed by atoms with Crippen LogP contribution in [-0.2, 0) is 4.79 Å². The van der Waals surface area contributed by atoms with Crippen LogP contribution in [0.3, 0.4) is 0 Å². The van der Waals surface area contributed by atoms with Gasteiger partial charge in [-0.05, 0) is 42.8 Å². The van der Waals surface area contributed by atoms with Gasteiger partial charge < -0.3 is 19.9 Å². The summed E-state index contributed by atoms with van der Waals surface area (Å²) >= 11 is 0. The second-order valence-corrected chi connectivity index (χ2v) is 4.89. The maximum atomic E-state index is 12.4. The van der Waals surface area contributed by atoms with Gasteiger partial charge in [0.25, 0.3) is 0 Å². The lowest BCUT2D eigenvalue weighted by atomic mass is 10.2. The molecule has 132 valence electrons. The van der Waals surface area contributed by atoms with E-state index in [4.69, 9.17) is 4.74 Å². The van der Waals surface area contributed by atoms with Crippen LogP contribution in [-0.4, -0.2) is 24.2 Å². The molecule has 0 bridgehead atoms. The van der Waals surface area contributed by atoms with Crippen LogP contribution in [0.4, 0.5) is 14.5 Å². The second kappa shape index (κ2) is 8.68. The zero-order chi connectivity index (χ0) is 18.2. The number of hydrogen-bond donors (Lipinski definition) is 2. The third kappa shape index (κ3) is 5.80. The number of aromatic hydroxyl groups is 1. The lowest BCUT2D eigenvalue weighted by Gasteiger charge is -2.11. The van der Waals surface area contributed by atoms with E-state index in [1.807, 2.05) is 0 Å². The smallest absolute Gasteiger partial charge is 0.387 e. The molecular formula is C18H17F2NO4. The molecule has 0 unspecified atom stereocenters. The number of halogens is 2. The van der Waals surface area contributed by atoms with Crippen molar-refractivity contribution in [3.8, 4) is 17.2 Å². The molecule has 0 aromatic heterocycles. The largest absolute Gasteiger partial charge is 0.508 e. The number of anilines is 1. The molecule has 0 aliphatic heterocycles. The predicted molar refractivity (Wildman–Crippen MR) is 90.0 cm³/mol. The first-order valence-electron chi connectivity index (χ1n) is 7.47. The molecular weight excluding hydrogens is 332 g/mol. The van der Waals surface area contributed by atoms with E-state index in [0.717, 1.165) is 0 Å². The van der Waals surface area contributed by atoms with Crippen molar-refractivity contribution in [1.29, 1.82) is 0 Å². The number of amides is 1. The lowest BCUT2D eigenvalue weighted by Crippen LogP contribution is -2.07. The highest BCUT2D eigenvalue weighted by molar-refractivity contribution is 6.02. The van der Waals surface area contributed by atoms with Crippen LogP contribution in [0.15, 0.2) is 48.5 Å². The quantitative estimate of drug-likeness (QED) is 0.740. The normalized spacial score (nSPS) is 10.9. The molecule has 0 aliphatic rings. The average Bonchev–Trinajstić information content (AvgIpc) is 2.55. The minimum Gasteiger partial charge on any atom is -0.508 e. The molecule has 0 saturated carbocycles. The Kier molecular flexibility index (Phi) is 6.33. The van der Waals surface area contributed by atoms with Crippen LogP contribution < -0.4 is 14.8 Å². The van der Waals surface area contributed by atoms with E-state index in [2.05, 4.69) is 10.1 Å². The number of hydrogen-bond acceptors (Lipinski definition) is 4. The molecule has 0 heterocycles. The SMILES string of the molecule is CCOc1cc(/C=C/C(=O)Nc2cccc(O)c2)ccc1OC(F)F. The second-order valence-electron chi connectivity index (χ2n) is 4.89. The molecule has 1 amide bonds. The van der Waals surface area contributed by atoms with Gasteiger partial charge in [-0.1, -0.05) is 12.1 Å². The monoisotopic (exact) mass is 349 g/mol. The van der Waals surface area contributed by atoms with Gasteiger partial charge in [0.15, 0.2) is 11.5 Å². The van der Waals surface area contributed by atoms with Crippen LogP contribution in [0.25, 0.3) is 6.08 Å². The summed E-state index contributed by atoms with van der Waals surface area (Å²) in [5.41, 5.74) is 1.03. The summed E-state index contributed by atoms with van der Waals surface area (Å²) in [4.78, 5) is 11.9. The molecule has 0 spiro atoms. The van der Waals surface area contributed by atoms with Crippen molar-refractivity contribution in [2.75, 3.05) is 11.9 Å².